The van der Waals surface area contributed by atoms with E-state index in [1.807, 2.05) is 4.90 Å². The normalized spacial score (nSPS) is 19.9. The van der Waals surface area contributed by atoms with Crippen LogP contribution in [0.1, 0.15) is 19.4 Å². The number of hydrogen-bond donors (Lipinski definition) is 1. The van der Waals surface area contributed by atoms with Crippen molar-refractivity contribution in [2.45, 2.75) is 36.6 Å². The molecule has 0 bridgehead atoms. The fourth-order valence-corrected chi connectivity index (χ4v) is 4.92. The van der Waals surface area contributed by atoms with Gasteiger partial charge in [-0.25, -0.2) is 8.42 Å². The topological polar surface area (TPSA) is 60.9 Å². The second-order valence-electron chi connectivity index (χ2n) is 7.40. The van der Waals surface area contributed by atoms with Crippen LogP contribution in [0.4, 0.5) is 18.9 Å². The van der Waals surface area contributed by atoms with Gasteiger partial charge in [0.15, 0.2) is 5.60 Å². The summed E-state index contributed by atoms with van der Waals surface area (Å²) in [6.07, 6.45) is -4.80. The number of rotatable bonds is 4. The summed E-state index contributed by atoms with van der Waals surface area (Å²) in [5.74, 6) is 5.80. The molecule has 2 unspecified atom stereocenters. The lowest BCUT2D eigenvalue weighted by atomic mass is 9.95. The highest BCUT2D eigenvalue weighted by Gasteiger charge is 2.51. The Morgan fingerprint density at radius 1 is 1.03 bits per heavy atom. The first-order chi connectivity index (χ1) is 14.5. The molecule has 0 saturated carbocycles. The molecule has 31 heavy (non-hydrogen) atoms. The molecule has 1 aliphatic rings. The monoisotopic (exact) mass is 452 g/mol. The standard InChI is InChI=1S/C22H23F3N2O3S/c1-3-7-19-16-26(31(29,30)20-8-5-4-6-9-20)14-15-27(19)18-12-10-17(11-13-18)21(2,28)22(23,24)25/h4-6,8-13,19,28H,14-16H2,1-2H3. The van der Waals surface area contributed by atoms with Gasteiger partial charge in [-0.1, -0.05) is 36.3 Å². The number of piperazine rings is 1. The van der Waals surface area contributed by atoms with E-state index < -0.39 is 27.8 Å². The zero-order valence-electron chi connectivity index (χ0n) is 17.1. The van der Waals surface area contributed by atoms with Crippen LogP contribution in [0.5, 0.6) is 0 Å². The van der Waals surface area contributed by atoms with Crippen molar-refractivity contribution in [3.63, 3.8) is 0 Å². The second kappa shape index (κ2) is 8.54. The molecule has 0 amide bonds. The van der Waals surface area contributed by atoms with E-state index in [1.54, 1.807) is 25.1 Å². The van der Waals surface area contributed by atoms with Gasteiger partial charge < -0.3 is 10.0 Å². The number of hydrogen-bond acceptors (Lipinski definition) is 4. The fraction of sp³-hybridized carbons (Fsp3) is 0.364. The van der Waals surface area contributed by atoms with Crippen molar-refractivity contribution in [3.8, 4) is 11.8 Å². The smallest absolute Gasteiger partial charge is 0.376 e. The second-order valence-corrected chi connectivity index (χ2v) is 9.33. The maximum Gasteiger partial charge on any atom is 0.421 e. The van der Waals surface area contributed by atoms with E-state index >= 15 is 0 Å². The first kappa shape index (κ1) is 23.1. The Labute approximate surface area is 180 Å². The third-order valence-corrected chi connectivity index (χ3v) is 7.23. The molecule has 2 aromatic carbocycles. The minimum atomic E-state index is -4.80. The number of benzene rings is 2. The summed E-state index contributed by atoms with van der Waals surface area (Å²) in [5.41, 5.74) is -2.63. The maximum atomic E-state index is 13.1. The van der Waals surface area contributed by atoms with E-state index in [0.717, 1.165) is 0 Å². The highest BCUT2D eigenvalue weighted by Crippen LogP contribution is 2.39. The highest BCUT2D eigenvalue weighted by atomic mass is 32.2. The van der Waals surface area contributed by atoms with Crippen molar-refractivity contribution in [2.24, 2.45) is 0 Å². The molecule has 3 rings (SSSR count). The highest BCUT2D eigenvalue weighted by molar-refractivity contribution is 7.89. The number of alkyl halides is 3. The van der Waals surface area contributed by atoms with Gasteiger partial charge in [0.1, 0.15) is 6.04 Å². The Balaban J connectivity index is 1.85. The summed E-state index contributed by atoms with van der Waals surface area (Å²) in [5, 5.41) is 9.86. The van der Waals surface area contributed by atoms with Gasteiger partial charge >= 0.3 is 6.18 Å². The Kier molecular flexibility index (Phi) is 6.37. The van der Waals surface area contributed by atoms with Crippen LogP contribution in [0, 0.1) is 11.8 Å². The van der Waals surface area contributed by atoms with Gasteiger partial charge in [-0.15, -0.1) is 5.92 Å². The third kappa shape index (κ3) is 4.56. The summed E-state index contributed by atoms with van der Waals surface area (Å²) >= 11 is 0. The van der Waals surface area contributed by atoms with Crippen molar-refractivity contribution >= 4 is 15.7 Å². The molecular formula is C22H23F3N2O3S. The van der Waals surface area contributed by atoms with Crippen LogP contribution in [-0.4, -0.2) is 49.7 Å². The molecule has 1 N–H and O–H groups in total. The van der Waals surface area contributed by atoms with Crippen molar-refractivity contribution in [1.82, 2.24) is 4.31 Å². The summed E-state index contributed by atoms with van der Waals surface area (Å²) < 4.78 is 66.6. The lowest BCUT2D eigenvalue weighted by molar-refractivity contribution is -0.258. The van der Waals surface area contributed by atoms with Crippen molar-refractivity contribution in [3.05, 3.63) is 60.2 Å². The molecule has 2 atom stereocenters. The van der Waals surface area contributed by atoms with E-state index in [2.05, 4.69) is 11.8 Å². The lowest BCUT2D eigenvalue weighted by Gasteiger charge is -2.40. The maximum absolute atomic E-state index is 13.1. The fourth-order valence-electron chi connectivity index (χ4n) is 3.46. The first-order valence-electron chi connectivity index (χ1n) is 9.62. The van der Waals surface area contributed by atoms with Crippen LogP contribution in [0.15, 0.2) is 59.5 Å². The molecule has 166 valence electrons. The molecule has 9 heteroatoms. The van der Waals surface area contributed by atoms with E-state index in [9.17, 15) is 26.7 Å². The number of halogens is 3. The average molecular weight is 452 g/mol. The first-order valence-corrected chi connectivity index (χ1v) is 11.1. The number of nitrogens with zero attached hydrogens (tertiary/aromatic N) is 2. The van der Waals surface area contributed by atoms with Crippen molar-refractivity contribution < 1.29 is 26.7 Å². The van der Waals surface area contributed by atoms with Crippen LogP contribution in [0.3, 0.4) is 0 Å². The van der Waals surface area contributed by atoms with E-state index in [0.29, 0.717) is 19.2 Å². The quantitative estimate of drug-likeness (QED) is 0.723. The Bertz CT molecular complexity index is 1070. The van der Waals surface area contributed by atoms with Gasteiger partial charge in [0.05, 0.1) is 4.90 Å². The zero-order valence-corrected chi connectivity index (χ0v) is 17.9. The van der Waals surface area contributed by atoms with Crippen LogP contribution in [0.2, 0.25) is 0 Å². The van der Waals surface area contributed by atoms with Gasteiger partial charge in [-0.3, -0.25) is 0 Å². The predicted octanol–water partition coefficient (Wildman–Crippen LogP) is 3.36. The minimum absolute atomic E-state index is 0.125. The summed E-state index contributed by atoms with van der Waals surface area (Å²) in [7, 11) is -3.68. The van der Waals surface area contributed by atoms with Crippen LogP contribution in [-0.2, 0) is 15.6 Å². The molecule has 1 saturated heterocycles. The van der Waals surface area contributed by atoms with Gasteiger partial charge in [-0.05, 0) is 43.7 Å². The molecule has 5 nitrogen and oxygen atoms in total. The largest absolute Gasteiger partial charge is 0.421 e. The third-order valence-electron chi connectivity index (χ3n) is 5.35. The zero-order chi connectivity index (χ0) is 22.9. The average Bonchev–Trinajstić information content (AvgIpc) is 2.74. The molecule has 1 fully saturated rings. The van der Waals surface area contributed by atoms with Crippen molar-refractivity contribution in [1.29, 1.82) is 0 Å². The molecule has 0 aliphatic carbocycles. The predicted molar refractivity (Wildman–Crippen MR) is 112 cm³/mol. The van der Waals surface area contributed by atoms with E-state index in [1.165, 1.54) is 40.7 Å². The SMILES string of the molecule is CC#CC1CN(S(=O)(=O)c2ccccc2)CCN1c1ccc(C(C)(O)C(F)(F)F)cc1. The summed E-state index contributed by atoms with van der Waals surface area (Å²) in [6, 6.07) is 13.1. The van der Waals surface area contributed by atoms with Crippen LogP contribution >= 0.6 is 0 Å². The molecule has 1 heterocycles. The number of sulfonamides is 1. The van der Waals surface area contributed by atoms with E-state index in [4.69, 9.17) is 0 Å². The van der Waals surface area contributed by atoms with Gasteiger partial charge in [0.25, 0.3) is 0 Å². The molecule has 1 aliphatic heterocycles. The van der Waals surface area contributed by atoms with Gasteiger partial charge in [-0.2, -0.15) is 17.5 Å². The van der Waals surface area contributed by atoms with Gasteiger partial charge in [0, 0.05) is 25.3 Å². The van der Waals surface area contributed by atoms with Gasteiger partial charge in [0.2, 0.25) is 10.0 Å². The number of anilines is 1. The molecule has 0 aromatic heterocycles. The summed E-state index contributed by atoms with van der Waals surface area (Å²) in [6.45, 7) is 3.01. The minimum Gasteiger partial charge on any atom is -0.376 e. The van der Waals surface area contributed by atoms with E-state index in [-0.39, 0.29) is 23.5 Å². The Hall–Kier alpha value is -2.54. The Morgan fingerprint density at radius 2 is 1.65 bits per heavy atom. The molecule has 0 radical (unpaired) electrons. The molecular weight excluding hydrogens is 429 g/mol. The molecule has 0 spiro atoms. The Morgan fingerprint density at radius 3 is 2.19 bits per heavy atom. The van der Waals surface area contributed by atoms with Crippen LogP contribution < -0.4 is 4.90 Å². The summed E-state index contributed by atoms with van der Waals surface area (Å²) in [4.78, 5) is 2.06. The number of aliphatic hydroxyl groups is 1. The lowest BCUT2D eigenvalue weighted by Crippen LogP contribution is -2.54. The van der Waals surface area contributed by atoms with Crippen molar-refractivity contribution in [2.75, 3.05) is 24.5 Å². The molecule has 2 aromatic rings. The van der Waals surface area contributed by atoms with Crippen LogP contribution in [0.25, 0.3) is 0 Å².